The van der Waals surface area contributed by atoms with Gasteiger partial charge < -0.3 is 15.2 Å². The van der Waals surface area contributed by atoms with Gasteiger partial charge >= 0.3 is 12.2 Å². The first kappa shape index (κ1) is 23.4. The van der Waals surface area contributed by atoms with Crippen LogP contribution in [0.15, 0.2) is 24.3 Å². The largest absolute Gasteiger partial charge is 0.465 e. The monoisotopic (exact) mass is 421 g/mol. The van der Waals surface area contributed by atoms with Gasteiger partial charge in [0.15, 0.2) is 0 Å². The predicted octanol–water partition coefficient (Wildman–Crippen LogP) is 4.80. The molecule has 0 bridgehead atoms. The molecule has 2 N–H and O–H groups in total. The van der Waals surface area contributed by atoms with Crippen LogP contribution in [0.3, 0.4) is 0 Å². The lowest BCUT2D eigenvalue weighted by Gasteiger charge is -2.41. The van der Waals surface area contributed by atoms with E-state index in [0.29, 0.717) is 12.3 Å². The summed E-state index contributed by atoms with van der Waals surface area (Å²) in [5, 5.41) is 23.2. The van der Waals surface area contributed by atoms with Gasteiger partial charge in [0.25, 0.3) is 5.69 Å². The molecule has 166 valence electrons. The molecule has 1 aliphatic carbocycles. The van der Waals surface area contributed by atoms with E-state index in [0.717, 1.165) is 25.7 Å². The Kier molecular flexibility index (Phi) is 8.02. The van der Waals surface area contributed by atoms with Crippen molar-refractivity contribution in [3.63, 3.8) is 0 Å². The van der Waals surface area contributed by atoms with Gasteiger partial charge in [-0.05, 0) is 45.2 Å². The molecule has 1 aromatic rings. The van der Waals surface area contributed by atoms with Crippen LogP contribution in [0.25, 0.3) is 0 Å². The zero-order valence-corrected chi connectivity index (χ0v) is 17.8. The van der Waals surface area contributed by atoms with Crippen molar-refractivity contribution >= 4 is 17.9 Å². The number of benzene rings is 1. The first-order chi connectivity index (χ1) is 14.1. The van der Waals surface area contributed by atoms with Crippen molar-refractivity contribution in [1.82, 2.24) is 10.2 Å². The van der Waals surface area contributed by atoms with E-state index in [1.165, 1.54) is 35.6 Å². The zero-order chi connectivity index (χ0) is 22.3. The molecular formula is C21H31N3O6. The molecule has 30 heavy (non-hydrogen) atoms. The number of amides is 2. The van der Waals surface area contributed by atoms with Crippen LogP contribution in [-0.4, -0.2) is 45.2 Å². The second-order valence-electron chi connectivity index (χ2n) is 8.74. The van der Waals surface area contributed by atoms with Gasteiger partial charge in [0.05, 0.1) is 11.0 Å². The number of carbonyl (C=O) groups is 2. The summed E-state index contributed by atoms with van der Waals surface area (Å²) in [4.78, 5) is 35.8. The van der Waals surface area contributed by atoms with Gasteiger partial charge in [0.2, 0.25) is 0 Å². The Morgan fingerprint density at radius 3 is 2.33 bits per heavy atom. The number of hydrogen-bond donors (Lipinski definition) is 2. The van der Waals surface area contributed by atoms with Crippen molar-refractivity contribution in [3.05, 3.63) is 34.4 Å². The molecule has 0 heterocycles. The van der Waals surface area contributed by atoms with Crippen molar-refractivity contribution < 1.29 is 24.4 Å². The number of nitrogens with zero attached hydrogens (tertiary/aromatic N) is 2. The van der Waals surface area contributed by atoms with Gasteiger partial charge in [-0.2, -0.15) is 0 Å². The lowest BCUT2D eigenvalue weighted by molar-refractivity contribution is -0.384. The van der Waals surface area contributed by atoms with E-state index < -0.39 is 22.6 Å². The molecule has 1 fully saturated rings. The van der Waals surface area contributed by atoms with Crippen LogP contribution in [0.4, 0.5) is 15.3 Å². The third-order valence-electron chi connectivity index (χ3n) is 5.36. The highest BCUT2D eigenvalue weighted by atomic mass is 16.6. The summed E-state index contributed by atoms with van der Waals surface area (Å²) >= 11 is 0. The van der Waals surface area contributed by atoms with Crippen LogP contribution < -0.4 is 10.1 Å². The average molecular weight is 421 g/mol. The van der Waals surface area contributed by atoms with E-state index >= 15 is 0 Å². The Hall–Kier alpha value is -2.84. The SMILES string of the molecule is CC(C)(C)N(C(=O)O)[C@H](CNC(=O)Oc1ccc([N+](=O)[O-])cc1)CC1CCCCC1. The Bertz CT molecular complexity index is 738. The summed E-state index contributed by atoms with van der Waals surface area (Å²) in [6.07, 6.45) is 4.59. The normalized spacial score (nSPS) is 15.8. The van der Waals surface area contributed by atoms with Crippen LogP contribution >= 0.6 is 0 Å². The van der Waals surface area contributed by atoms with E-state index in [1.54, 1.807) is 0 Å². The summed E-state index contributed by atoms with van der Waals surface area (Å²) in [7, 11) is 0. The number of hydrogen-bond acceptors (Lipinski definition) is 5. The highest BCUT2D eigenvalue weighted by Crippen LogP contribution is 2.30. The quantitative estimate of drug-likeness (QED) is 0.482. The molecule has 9 heteroatoms. The van der Waals surface area contributed by atoms with Gasteiger partial charge in [-0.25, -0.2) is 9.59 Å². The molecule has 0 aromatic heterocycles. The van der Waals surface area contributed by atoms with Crippen LogP contribution in [0.5, 0.6) is 5.75 Å². The predicted molar refractivity (Wildman–Crippen MR) is 112 cm³/mol. The lowest BCUT2D eigenvalue weighted by Crippen LogP contribution is -2.55. The first-order valence-electron chi connectivity index (χ1n) is 10.3. The number of rotatable bonds is 7. The summed E-state index contributed by atoms with van der Waals surface area (Å²) in [5.41, 5.74) is -0.715. The number of nitro groups is 1. The Morgan fingerprint density at radius 2 is 1.83 bits per heavy atom. The van der Waals surface area contributed by atoms with Crippen molar-refractivity contribution in [1.29, 1.82) is 0 Å². The zero-order valence-electron chi connectivity index (χ0n) is 17.8. The maximum Gasteiger partial charge on any atom is 0.412 e. The molecule has 0 saturated heterocycles. The first-order valence-corrected chi connectivity index (χ1v) is 10.3. The Labute approximate surface area is 176 Å². The highest BCUT2D eigenvalue weighted by molar-refractivity contribution is 5.71. The number of ether oxygens (including phenoxy) is 1. The summed E-state index contributed by atoms with van der Waals surface area (Å²) < 4.78 is 5.18. The summed E-state index contributed by atoms with van der Waals surface area (Å²) in [6.45, 7) is 5.64. The maximum atomic E-state index is 12.2. The topological polar surface area (TPSA) is 122 Å². The molecule has 1 saturated carbocycles. The molecule has 1 aromatic carbocycles. The second-order valence-corrected chi connectivity index (χ2v) is 8.74. The second kappa shape index (κ2) is 10.3. The number of carbonyl (C=O) groups excluding carboxylic acids is 1. The van der Waals surface area contributed by atoms with Crippen LogP contribution in [0.1, 0.15) is 59.3 Å². The average Bonchev–Trinajstić information content (AvgIpc) is 2.66. The van der Waals surface area contributed by atoms with Gasteiger partial charge in [-0.3, -0.25) is 15.0 Å². The number of non-ortho nitro benzene ring substituents is 1. The highest BCUT2D eigenvalue weighted by Gasteiger charge is 2.35. The van der Waals surface area contributed by atoms with Gasteiger partial charge in [-0.15, -0.1) is 0 Å². The minimum absolute atomic E-state index is 0.0995. The van der Waals surface area contributed by atoms with Crippen LogP contribution in [0.2, 0.25) is 0 Å². The number of carboxylic acid groups (broad SMARTS) is 1. The molecule has 2 rings (SSSR count). The fourth-order valence-corrected chi connectivity index (χ4v) is 4.06. The third kappa shape index (κ3) is 6.89. The van der Waals surface area contributed by atoms with E-state index in [9.17, 15) is 24.8 Å². The summed E-state index contributed by atoms with van der Waals surface area (Å²) in [5.74, 6) is 0.605. The van der Waals surface area contributed by atoms with Crippen molar-refractivity contribution in [2.24, 2.45) is 5.92 Å². The molecule has 1 aliphatic rings. The number of nitro benzene ring substituents is 1. The molecule has 0 spiro atoms. The maximum absolute atomic E-state index is 12.2. The van der Waals surface area contributed by atoms with Gasteiger partial charge in [0.1, 0.15) is 5.75 Å². The summed E-state index contributed by atoms with van der Waals surface area (Å²) in [6, 6.07) is 4.81. The fourth-order valence-electron chi connectivity index (χ4n) is 4.06. The van der Waals surface area contributed by atoms with Crippen molar-refractivity contribution in [3.8, 4) is 5.75 Å². The molecule has 2 amide bonds. The minimum atomic E-state index is -1.02. The van der Waals surface area contributed by atoms with Crippen molar-refractivity contribution in [2.45, 2.75) is 70.9 Å². The molecular weight excluding hydrogens is 390 g/mol. The minimum Gasteiger partial charge on any atom is -0.465 e. The standard InChI is InChI=1S/C21H31N3O6/c1-21(2,3)23(20(26)27)17(13-15-7-5-4-6-8-15)14-22-19(25)30-18-11-9-16(10-12-18)24(28)29/h9-12,15,17H,4-8,13-14H2,1-3H3,(H,22,25)(H,26,27)/t17-/m0/s1. The van der Waals surface area contributed by atoms with Gasteiger partial charge in [0, 0.05) is 24.2 Å². The van der Waals surface area contributed by atoms with Crippen molar-refractivity contribution in [2.75, 3.05) is 6.54 Å². The molecule has 0 radical (unpaired) electrons. The lowest BCUT2D eigenvalue weighted by atomic mass is 9.84. The van der Waals surface area contributed by atoms with E-state index in [1.807, 2.05) is 20.8 Å². The molecule has 9 nitrogen and oxygen atoms in total. The van der Waals surface area contributed by atoms with Gasteiger partial charge in [-0.1, -0.05) is 32.1 Å². The van der Waals surface area contributed by atoms with E-state index in [2.05, 4.69) is 5.32 Å². The Morgan fingerprint density at radius 1 is 1.23 bits per heavy atom. The van der Waals surface area contributed by atoms with E-state index in [4.69, 9.17) is 4.74 Å². The number of nitrogens with one attached hydrogen (secondary N) is 1. The van der Waals surface area contributed by atoms with Crippen LogP contribution in [0, 0.1) is 16.0 Å². The molecule has 1 atom stereocenters. The van der Waals surface area contributed by atoms with Crippen LogP contribution in [-0.2, 0) is 0 Å². The molecule has 0 aliphatic heterocycles. The Balaban J connectivity index is 2.03. The fraction of sp³-hybridized carbons (Fsp3) is 0.619. The third-order valence-corrected chi connectivity index (χ3v) is 5.36. The smallest absolute Gasteiger partial charge is 0.412 e. The molecule has 0 unspecified atom stereocenters. The van der Waals surface area contributed by atoms with E-state index in [-0.39, 0.29) is 24.0 Å².